The molecule has 0 amide bonds. The molecule has 1 rings (SSSR count). The van der Waals surface area contributed by atoms with Gasteiger partial charge in [0.15, 0.2) is 0 Å². The molecular weight excluding hydrogens is 293 g/mol. The van der Waals surface area contributed by atoms with Crippen molar-refractivity contribution in [2.45, 2.75) is 6.04 Å². The van der Waals surface area contributed by atoms with E-state index in [1.807, 2.05) is 0 Å². The number of carbonyl (C=O) groups is 1. The van der Waals surface area contributed by atoms with E-state index in [9.17, 15) is 4.79 Å². The van der Waals surface area contributed by atoms with Crippen molar-refractivity contribution in [3.8, 4) is 0 Å². The molecule has 0 saturated heterocycles. The van der Waals surface area contributed by atoms with Crippen molar-refractivity contribution in [1.82, 2.24) is 0 Å². The van der Waals surface area contributed by atoms with Gasteiger partial charge < -0.3 is 10.8 Å². The van der Waals surface area contributed by atoms with Crippen LogP contribution in [0, 0.1) is 0 Å². The van der Waals surface area contributed by atoms with Crippen LogP contribution in [-0.4, -0.2) is 11.1 Å². The largest absolute Gasteiger partial charge is 0.480 e. The van der Waals surface area contributed by atoms with E-state index in [1.54, 1.807) is 18.2 Å². The molecule has 0 aliphatic carbocycles. The van der Waals surface area contributed by atoms with Crippen molar-refractivity contribution >= 4 is 45.9 Å². The van der Waals surface area contributed by atoms with E-state index in [0.29, 0.717) is 15.1 Å². The minimum atomic E-state index is -1.06. The summed E-state index contributed by atoms with van der Waals surface area (Å²) in [6.45, 7) is 0. The third kappa shape index (κ3) is 3.13. The lowest BCUT2D eigenvalue weighted by Crippen LogP contribution is -2.20. The Labute approximate surface area is 101 Å². The van der Waals surface area contributed by atoms with Gasteiger partial charge in [-0.3, -0.25) is 4.79 Å². The average molecular weight is 301 g/mol. The number of benzene rings is 1. The van der Waals surface area contributed by atoms with Crippen molar-refractivity contribution in [1.29, 1.82) is 0 Å². The van der Waals surface area contributed by atoms with Crippen LogP contribution >= 0.6 is 39.9 Å². The molecule has 14 heavy (non-hydrogen) atoms. The minimum Gasteiger partial charge on any atom is -0.480 e. The van der Waals surface area contributed by atoms with Gasteiger partial charge in [0.1, 0.15) is 6.04 Å². The zero-order valence-corrected chi connectivity index (χ0v) is 10.1. The van der Waals surface area contributed by atoms with Gasteiger partial charge in [0.2, 0.25) is 0 Å². The van der Waals surface area contributed by atoms with Crippen LogP contribution in [0.2, 0.25) is 5.02 Å². The summed E-state index contributed by atoms with van der Waals surface area (Å²) < 4.78 is 0.642. The van der Waals surface area contributed by atoms with E-state index in [4.69, 9.17) is 22.4 Å². The topological polar surface area (TPSA) is 63.3 Å². The molecule has 1 atom stereocenters. The molecule has 0 spiro atoms. The first kappa shape index (κ1) is 13.7. The minimum absolute atomic E-state index is 0. The molecule has 0 fully saturated rings. The number of carboxylic acids is 1. The first-order valence-electron chi connectivity index (χ1n) is 3.45. The number of nitrogens with two attached hydrogens (primary N) is 1. The van der Waals surface area contributed by atoms with Gasteiger partial charge in [-0.1, -0.05) is 17.7 Å². The van der Waals surface area contributed by atoms with Crippen molar-refractivity contribution in [3.05, 3.63) is 33.3 Å². The van der Waals surface area contributed by atoms with Crippen molar-refractivity contribution in [3.63, 3.8) is 0 Å². The van der Waals surface area contributed by atoms with Gasteiger partial charge in [-0.2, -0.15) is 0 Å². The molecule has 0 saturated carbocycles. The first-order chi connectivity index (χ1) is 6.02. The highest BCUT2D eigenvalue weighted by molar-refractivity contribution is 9.10. The summed E-state index contributed by atoms with van der Waals surface area (Å²) in [4.78, 5) is 10.5. The molecule has 6 heteroatoms. The van der Waals surface area contributed by atoms with Crippen molar-refractivity contribution in [2.75, 3.05) is 0 Å². The van der Waals surface area contributed by atoms with Crippen molar-refractivity contribution in [2.24, 2.45) is 5.73 Å². The Bertz CT molecular complexity index is 346. The van der Waals surface area contributed by atoms with Gasteiger partial charge in [-0.25, -0.2) is 0 Å². The molecule has 1 aromatic carbocycles. The van der Waals surface area contributed by atoms with Crippen LogP contribution < -0.4 is 5.73 Å². The second kappa shape index (κ2) is 5.56. The predicted octanol–water partition coefficient (Wildman–Crippen LogP) is 2.61. The van der Waals surface area contributed by atoms with Gasteiger partial charge in [0.25, 0.3) is 0 Å². The summed E-state index contributed by atoms with van der Waals surface area (Å²) in [6, 6.07) is 3.78. The number of rotatable bonds is 2. The van der Waals surface area contributed by atoms with E-state index < -0.39 is 12.0 Å². The SMILES string of the molecule is Cl.N[C@H](C(=O)O)c1ccc(Cl)c(Br)c1. The van der Waals surface area contributed by atoms with E-state index in [0.717, 1.165) is 0 Å². The standard InChI is InChI=1S/C8H7BrClNO2.ClH/c9-5-3-4(1-2-6(5)10)7(11)8(12)13;/h1-3,7H,11H2,(H,12,13);1H/t7-;/m0./s1. The summed E-state index contributed by atoms with van der Waals surface area (Å²) in [5, 5.41) is 9.15. The lowest BCUT2D eigenvalue weighted by Gasteiger charge is -2.07. The van der Waals surface area contributed by atoms with Crippen LogP contribution in [0.15, 0.2) is 22.7 Å². The molecule has 0 aliphatic heterocycles. The molecular formula is C8H8BrCl2NO2. The highest BCUT2D eigenvalue weighted by Crippen LogP contribution is 2.25. The Kier molecular flexibility index (Phi) is 5.44. The Hall–Kier alpha value is -0.290. The average Bonchev–Trinajstić information content (AvgIpc) is 2.08. The zero-order chi connectivity index (χ0) is 10.0. The third-order valence-electron chi connectivity index (χ3n) is 1.57. The predicted molar refractivity (Wildman–Crippen MR) is 61.0 cm³/mol. The number of hydrogen-bond donors (Lipinski definition) is 2. The van der Waals surface area contributed by atoms with Gasteiger partial charge in [-0.05, 0) is 33.6 Å². The lowest BCUT2D eigenvalue weighted by molar-refractivity contribution is -0.138. The second-order valence-electron chi connectivity index (χ2n) is 2.49. The van der Waals surface area contributed by atoms with Crippen LogP contribution in [0.3, 0.4) is 0 Å². The summed E-state index contributed by atoms with van der Waals surface area (Å²) in [7, 11) is 0. The van der Waals surface area contributed by atoms with Gasteiger partial charge in [0.05, 0.1) is 5.02 Å². The quantitative estimate of drug-likeness (QED) is 0.882. The molecule has 78 valence electrons. The maximum absolute atomic E-state index is 10.5. The van der Waals surface area contributed by atoms with Gasteiger partial charge in [0, 0.05) is 4.47 Å². The maximum atomic E-state index is 10.5. The fourth-order valence-corrected chi connectivity index (χ4v) is 1.36. The zero-order valence-electron chi connectivity index (χ0n) is 6.91. The highest BCUT2D eigenvalue weighted by atomic mass is 79.9. The monoisotopic (exact) mass is 299 g/mol. The fourth-order valence-electron chi connectivity index (χ4n) is 0.848. The number of halogens is 3. The van der Waals surface area contributed by atoms with Gasteiger partial charge >= 0.3 is 5.97 Å². The number of hydrogen-bond acceptors (Lipinski definition) is 2. The summed E-state index contributed by atoms with van der Waals surface area (Å²) >= 11 is 8.91. The van der Waals surface area contributed by atoms with Crippen LogP contribution in [0.1, 0.15) is 11.6 Å². The first-order valence-corrected chi connectivity index (χ1v) is 4.63. The summed E-state index contributed by atoms with van der Waals surface area (Å²) in [6.07, 6.45) is 0. The second-order valence-corrected chi connectivity index (χ2v) is 3.75. The Morgan fingerprint density at radius 2 is 2.14 bits per heavy atom. The molecule has 0 aliphatic rings. The highest BCUT2D eigenvalue weighted by Gasteiger charge is 2.14. The lowest BCUT2D eigenvalue weighted by atomic mass is 10.1. The van der Waals surface area contributed by atoms with E-state index in [1.165, 1.54) is 0 Å². The van der Waals surface area contributed by atoms with E-state index in [-0.39, 0.29) is 12.4 Å². The number of carboxylic acid groups (broad SMARTS) is 1. The van der Waals surface area contributed by atoms with E-state index >= 15 is 0 Å². The smallest absolute Gasteiger partial charge is 0.325 e. The molecule has 3 nitrogen and oxygen atoms in total. The molecule has 3 N–H and O–H groups in total. The Balaban J connectivity index is 0.00000169. The third-order valence-corrected chi connectivity index (χ3v) is 2.78. The molecule has 0 radical (unpaired) electrons. The van der Waals surface area contributed by atoms with Crippen LogP contribution in [-0.2, 0) is 4.79 Å². The summed E-state index contributed by atoms with van der Waals surface area (Å²) in [5.41, 5.74) is 5.91. The number of aliphatic carboxylic acids is 1. The van der Waals surface area contributed by atoms with Crippen LogP contribution in [0.5, 0.6) is 0 Å². The molecule has 0 aromatic heterocycles. The normalized spacial score (nSPS) is 11.6. The van der Waals surface area contributed by atoms with Gasteiger partial charge in [-0.15, -0.1) is 12.4 Å². The Morgan fingerprint density at radius 1 is 1.57 bits per heavy atom. The molecule has 0 heterocycles. The Morgan fingerprint density at radius 3 is 2.57 bits per heavy atom. The molecule has 0 unspecified atom stereocenters. The van der Waals surface area contributed by atoms with Crippen LogP contribution in [0.4, 0.5) is 0 Å². The fraction of sp³-hybridized carbons (Fsp3) is 0.125. The van der Waals surface area contributed by atoms with E-state index in [2.05, 4.69) is 15.9 Å². The summed E-state index contributed by atoms with van der Waals surface area (Å²) in [5.74, 6) is -1.06. The maximum Gasteiger partial charge on any atom is 0.325 e. The molecule has 0 bridgehead atoms. The molecule has 1 aromatic rings. The van der Waals surface area contributed by atoms with Crippen LogP contribution in [0.25, 0.3) is 0 Å². The van der Waals surface area contributed by atoms with Crippen molar-refractivity contribution < 1.29 is 9.90 Å².